The maximum absolute atomic E-state index is 12.8. The van der Waals surface area contributed by atoms with Gasteiger partial charge >= 0.3 is 0 Å². The van der Waals surface area contributed by atoms with Gasteiger partial charge in [0.15, 0.2) is 0 Å². The number of piperidine rings is 1. The minimum absolute atomic E-state index is 0.0705. The van der Waals surface area contributed by atoms with Gasteiger partial charge < -0.3 is 10.2 Å². The van der Waals surface area contributed by atoms with Crippen LogP contribution in [-0.2, 0) is 16.1 Å². The Morgan fingerprint density at radius 2 is 2.08 bits per heavy atom. The first-order valence-electron chi connectivity index (χ1n) is 8.24. The van der Waals surface area contributed by atoms with E-state index in [0.29, 0.717) is 18.5 Å². The van der Waals surface area contributed by atoms with Crippen molar-refractivity contribution >= 4 is 17.5 Å². The maximum Gasteiger partial charge on any atom is 0.230 e. The Labute approximate surface area is 141 Å². The number of likely N-dealkylation sites (tertiary alicyclic amines) is 1. The lowest BCUT2D eigenvalue weighted by molar-refractivity contribution is -0.140. The molecule has 1 aliphatic heterocycles. The van der Waals surface area contributed by atoms with E-state index >= 15 is 0 Å². The van der Waals surface area contributed by atoms with Gasteiger partial charge in [0.1, 0.15) is 0 Å². The first-order chi connectivity index (χ1) is 11.6. The molecule has 1 saturated heterocycles. The number of hydrogen-bond acceptors (Lipinski definition) is 3. The van der Waals surface area contributed by atoms with Gasteiger partial charge in [0.25, 0.3) is 0 Å². The molecule has 0 spiro atoms. The molecule has 1 aliphatic rings. The Kier molecular flexibility index (Phi) is 4.64. The number of carbonyl (C=O) groups is 2. The monoisotopic (exact) mass is 326 g/mol. The number of hydrogen-bond donors (Lipinski definition) is 1. The van der Waals surface area contributed by atoms with Crippen molar-refractivity contribution in [2.45, 2.75) is 32.4 Å². The van der Waals surface area contributed by atoms with E-state index in [0.717, 1.165) is 12.1 Å². The fourth-order valence-corrected chi connectivity index (χ4v) is 3.25. The van der Waals surface area contributed by atoms with Crippen molar-refractivity contribution < 1.29 is 9.59 Å². The molecular formula is C18H22N4O2. The number of anilines is 1. The molecule has 2 atom stereocenters. The summed E-state index contributed by atoms with van der Waals surface area (Å²) < 4.78 is 1.76. The zero-order chi connectivity index (χ0) is 17.1. The van der Waals surface area contributed by atoms with Gasteiger partial charge in [0.2, 0.25) is 11.8 Å². The summed E-state index contributed by atoms with van der Waals surface area (Å²) in [5, 5.41) is 7.12. The first-order valence-corrected chi connectivity index (χ1v) is 8.24. The second kappa shape index (κ2) is 6.86. The Bertz CT molecular complexity index is 726. The normalized spacial score (nSPS) is 20.9. The molecule has 0 radical (unpaired) electrons. The van der Waals surface area contributed by atoms with E-state index in [1.54, 1.807) is 22.8 Å². The molecule has 1 fully saturated rings. The largest absolute Gasteiger partial charge is 0.338 e. The van der Waals surface area contributed by atoms with Gasteiger partial charge in [0.05, 0.1) is 23.8 Å². The van der Waals surface area contributed by atoms with E-state index in [2.05, 4.69) is 10.4 Å². The number of aryl methyl sites for hydroxylation is 1. The molecule has 6 heteroatoms. The van der Waals surface area contributed by atoms with Gasteiger partial charge in [-0.3, -0.25) is 14.3 Å². The van der Waals surface area contributed by atoms with Crippen molar-refractivity contribution in [3.63, 3.8) is 0 Å². The summed E-state index contributed by atoms with van der Waals surface area (Å²) in [6.45, 7) is 2.74. The van der Waals surface area contributed by atoms with Crippen LogP contribution in [0.15, 0.2) is 42.7 Å². The molecule has 2 aromatic rings. The summed E-state index contributed by atoms with van der Waals surface area (Å²) in [5.74, 6) is -0.273. The van der Waals surface area contributed by atoms with E-state index in [9.17, 15) is 9.59 Å². The molecule has 24 heavy (non-hydrogen) atoms. The summed E-state index contributed by atoms with van der Waals surface area (Å²) in [5.41, 5.74) is 1.67. The number of aromatic nitrogens is 2. The van der Waals surface area contributed by atoms with E-state index in [4.69, 9.17) is 0 Å². The van der Waals surface area contributed by atoms with Crippen molar-refractivity contribution in [3.8, 4) is 0 Å². The lowest BCUT2D eigenvalue weighted by Crippen LogP contribution is -2.44. The quantitative estimate of drug-likeness (QED) is 0.938. The van der Waals surface area contributed by atoms with Crippen LogP contribution in [-0.4, -0.2) is 33.5 Å². The first kappa shape index (κ1) is 16.2. The molecule has 126 valence electrons. The minimum Gasteiger partial charge on any atom is -0.338 e. The standard InChI is InChI=1S/C18H22N4O2/c1-3-22-12-14(11-19-22)20-18(24)15-9-10-16(23)21(2)17(15)13-7-5-4-6-8-13/h4-8,11-12,15,17H,3,9-10H2,1-2H3,(H,20,24)/t15-,17+/m0/s1. The Morgan fingerprint density at radius 1 is 1.33 bits per heavy atom. The summed E-state index contributed by atoms with van der Waals surface area (Å²) in [7, 11) is 1.77. The molecule has 1 aromatic carbocycles. The molecule has 0 bridgehead atoms. The number of nitrogens with one attached hydrogen (secondary N) is 1. The van der Waals surface area contributed by atoms with Crippen LogP contribution >= 0.6 is 0 Å². The lowest BCUT2D eigenvalue weighted by Gasteiger charge is -2.38. The average Bonchev–Trinajstić information content (AvgIpc) is 3.05. The second-order valence-electron chi connectivity index (χ2n) is 6.08. The van der Waals surface area contributed by atoms with Gasteiger partial charge in [-0.2, -0.15) is 5.10 Å². The van der Waals surface area contributed by atoms with Crippen LogP contribution in [0.25, 0.3) is 0 Å². The van der Waals surface area contributed by atoms with Crippen molar-refractivity contribution in [2.75, 3.05) is 12.4 Å². The molecule has 1 aromatic heterocycles. The second-order valence-corrected chi connectivity index (χ2v) is 6.08. The van der Waals surface area contributed by atoms with Crippen LogP contribution in [0.1, 0.15) is 31.4 Å². The molecule has 2 amide bonds. The summed E-state index contributed by atoms with van der Waals surface area (Å²) in [6, 6.07) is 9.49. The fraction of sp³-hybridized carbons (Fsp3) is 0.389. The van der Waals surface area contributed by atoms with Gasteiger partial charge in [-0.25, -0.2) is 0 Å². The third kappa shape index (κ3) is 3.18. The highest BCUT2D eigenvalue weighted by Crippen LogP contribution is 2.36. The zero-order valence-electron chi connectivity index (χ0n) is 14.0. The van der Waals surface area contributed by atoms with Crippen molar-refractivity contribution in [2.24, 2.45) is 5.92 Å². The molecule has 3 rings (SSSR count). The Balaban J connectivity index is 1.83. The predicted octanol–water partition coefficient (Wildman–Crippen LogP) is 2.45. The Hall–Kier alpha value is -2.63. The topological polar surface area (TPSA) is 67.2 Å². The van der Waals surface area contributed by atoms with E-state index < -0.39 is 0 Å². The van der Waals surface area contributed by atoms with Crippen LogP contribution in [0.2, 0.25) is 0 Å². The number of nitrogens with zero attached hydrogens (tertiary/aromatic N) is 3. The summed E-state index contributed by atoms with van der Waals surface area (Å²) in [6.07, 6.45) is 4.41. The Morgan fingerprint density at radius 3 is 2.75 bits per heavy atom. The molecule has 1 N–H and O–H groups in total. The summed E-state index contributed by atoms with van der Waals surface area (Å²) >= 11 is 0. The van der Waals surface area contributed by atoms with Crippen LogP contribution in [0, 0.1) is 5.92 Å². The van der Waals surface area contributed by atoms with Gasteiger partial charge in [0, 0.05) is 26.2 Å². The van der Waals surface area contributed by atoms with E-state index in [1.165, 1.54) is 0 Å². The van der Waals surface area contributed by atoms with Crippen molar-refractivity contribution in [1.29, 1.82) is 0 Å². The minimum atomic E-state index is -0.278. The summed E-state index contributed by atoms with van der Waals surface area (Å²) in [4.78, 5) is 26.6. The predicted molar refractivity (Wildman–Crippen MR) is 91.2 cm³/mol. The van der Waals surface area contributed by atoms with Crippen LogP contribution in [0.4, 0.5) is 5.69 Å². The zero-order valence-corrected chi connectivity index (χ0v) is 14.0. The highest BCUT2D eigenvalue weighted by atomic mass is 16.2. The third-order valence-corrected chi connectivity index (χ3v) is 4.56. The highest BCUT2D eigenvalue weighted by Gasteiger charge is 2.38. The van der Waals surface area contributed by atoms with Gasteiger partial charge in [-0.15, -0.1) is 0 Å². The van der Waals surface area contributed by atoms with Crippen LogP contribution in [0.5, 0.6) is 0 Å². The van der Waals surface area contributed by atoms with Gasteiger partial charge in [-0.05, 0) is 18.9 Å². The molecule has 0 unspecified atom stereocenters. The average molecular weight is 326 g/mol. The van der Waals surface area contributed by atoms with Crippen LogP contribution in [0.3, 0.4) is 0 Å². The molecular weight excluding hydrogens is 304 g/mol. The van der Waals surface area contributed by atoms with Crippen LogP contribution < -0.4 is 5.32 Å². The molecule has 6 nitrogen and oxygen atoms in total. The lowest BCUT2D eigenvalue weighted by atomic mass is 9.84. The highest BCUT2D eigenvalue weighted by molar-refractivity contribution is 5.94. The maximum atomic E-state index is 12.8. The third-order valence-electron chi connectivity index (χ3n) is 4.56. The molecule has 2 heterocycles. The van der Waals surface area contributed by atoms with E-state index in [-0.39, 0.29) is 23.8 Å². The number of benzene rings is 1. The van der Waals surface area contributed by atoms with Gasteiger partial charge in [-0.1, -0.05) is 30.3 Å². The smallest absolute Gasteiger partial charge is 0.230 e. The van der Waals surface area contributed by atoms with Crippen molar-refractivity contribution in [1.82, 2.24) is 14.7 Å². The number of amides is 2. The van der Waals surface area contributed by atoms with E-state index in [1.807, 2.05) is 43.5 Å². The number of carbonyl (C=O) groups excluding carboxylic acids is 2. The van der Waals surface area contributed by atoms with Crippen molar-refractivity contribution in [3.05, 3.63) is 48.3 Å². The number of rotatable bonds is 4. The molecule has 0 saturated carbocycles. The fourth-order valence-electron chi connectivity index (χ4n) is 3.25. The SMILES string of the molecule is CCn1cc(NC(=O)[C@H]2CCC(=O)N(C)[C@@H]2c2ccccc2)cn1. The molecule has 0 aliphatic carbocycles.